The number of amides is 1. The van der Waals surface area contributed by atoms with Crippen molar-refractivity contribution < 1.29 is 9.53 Å². The Balaban J connectivity index is 0.00000385. The molecule has 7 nitrogen and oxygen atoms in total. The second kappa shape index (κ2) is 11.8. The van der Waals surface area contributed by atoms with Gasteiger partial charge in [0.1, 0.15) is 0 Å². The van der Waals surface area contributed by atoms with Crippen LogP contribution in [-0.2, 0) is 22.6 Å². The fourth-order valence-corrected chi connectivity index (χ4v) is 4.89. The molecule has 2 fully saturated rings. The number of guanidine groups is 1. The molecule has 2 aliphatic rings. The van der Waals surface area contributed by atoms with Crippen molar-refractivity contribution in [1.82, 2.24) is 15.5 Å². The van der Waals surface area contributed by atoms with Gasteiger partial charge in [0, 0.05) is 38.2 Å². The number of primary amides is 1. The predicted octanol–water partition coefficient (Wildman–Crippen LogP) is 3.26. The SMILES string of the molecule is CCNC(=NCc1cccc(CN2CCCC(C(N)=O)C2)c1)NC1CC(C)(OC)C1(C)C.I. The largest absolute Gasteiger partial charge is 0.378 e. The Bertz CT molecular complexity index is 831. The first-order valence-electron chi connectivity index (χ1n) is 11.9. The lowest BCUT2D eigenvalue weighted by molar-refractivity contribution is -0.176. The summed E-state index contributed by atoms with van der Waals surface area (Å²) in [6, 6.07) is 8.89. The highest BCUT2D eigenvalue weighted by Gasteiger charge is 2.58. The molecule has 1 aliphatic heterocycles. The molecule has 3 atom stereocenters. The van der Waals surface area contributed by atoms with Crippen molar-refractivity contribution in [3.63, 3.8) is 0 Å². The maximum absolute atomic E-state index is 11.6. The van der Waals surface area contributed by atoms with E-state index in [0.29, 0.717) is 12.6 Å². The average Bonchev–Trinajstić information content (AvgIpc) is 2.77. The van der Waals surface area contributed by atoms with Crippen LogP contribution in [0.25, 0.3) is 0 Å². The minimum Gasteiger partial charge on any atom is -0.378 e. The lowest BCUT2D eigenvalue weighted by Gasteiger charge is -2.59. The number of piperidine rings is 1. The van der Waals surface area contributed by atoms with E-state index in [1.165, 1.54) is 11.1 Å². The van der Waals surface area contributed by atoms with Gasteiger partial charge < -0.3 is 21.1 Å². The number of benzene rings is 1. The summed E-state index contributed by atoms with van der Waals surface area (Å²) in [5.74, 6) is 0.636. The molecule has 3 rings (SSSR count). The first kappa shape index (κ1) is 27.9. The summed E-state index contributed by atoms with van der Waals surface area (Å²) < 4.78 is 5.76. The molecular formula is C25H42IN5O2. The molecule has 1 aromatic rings. The first-order valence-corrected chi connectivity index (χ1v) is 11.9. The van der Waals surface area contributed by atoms with E-state index >= 15 is 0 Å². The van der Waals surface area contributed by atoms with E-state index in [9.17, 15) is 4.79 Å². The van der Waals surface area contributed by atoms with E-state index in [-0.39, 0.29) is 46.8 Å². The molecule has 0 radical (unpaired) electrons. The van der Waals surface area contributed by atoms with Crippen LogP contribution in [0, 0.1) is 11.3 Å². The quantitative estimate of drug-likeness (QED) is 0.253. The molecule has 4 N–H and O–H groups in total. The van der Waals surface area contributed by atoms with Crippen molar-refractivity contribution in [2.24, 2.45) is 22.1 Å². The third-order valence-corrected chi connectivity index (χ3v) is 7.66. The van der Waals surface area contributed by atoms with Gasteiger partial charge in [0.15, 0.2) is 5.96 Å². The van der Waals surface area contributed by atoms with E-state index in [4.69, 9.17) is 15.5 Å². The van der Waals surface area contributed by atoms with Gasteiger partial charge in [0.05, 0.1) is 18.1 Å². The van der Waals surface area contributed by atoms with Crippen LogP contribution in [0.1, 0.15) is 58.1 Å². The van der Waals surface area contributed by atoms with Gasteiger partial charge in [-0.25, -0.2) is 4.99 Å². The zero-order chi connectivity index (χ0) is 23.4. The predicted molar refractivity (Wildman–Crippen MR) is 145 cm³/mol. The summed E-state index contributed by atoms with van der Waals surface area (Å²) in [7, 11) is 1.79. The molecule has 0 aromatic heterocycles. The highest BCUT2D eigenvalue weighted by molar-refractivity contribution is 14.0. The number of hydrogen-bond acceptors (Lipinski definition) is 4. The Labute approximate surface area is 216 Å². The van der Waals surface area contributed by atoms with Crippen molar-refractivity contribution in [3.8, 4) is 0 Å². The number of nitrogens with zero attached hydrogens (tertiary/aromatic N) is 2. The Morgan fingerprint density at radius 3 is 2.67 bits per heavy atom. The summed E-state index contributed by atoms with van der Waals surface area (Å²) >= 11 is 0. The second-order valence-electron chi connectivity index (χ2n) is 10.0. The fraction of sp³-hybridized carbons (Fsp3) is 0.680. The van der Waals surface area contributed by atoms with Gasteiger partial charge in [-0.1, -0.05) is 38.1 Å². The number of nitrogens with two attached hydrogens (primary N) is 1. The highest BCUT2D eigenvalue weighted by Crippen LogP contribution is 2.51. The van der Waals surface area contributed by atoms with Gasteiger partial charge in [-0.05, 0) is 50.8 Å². The molecule has 1 aromatic carbocycles. The second-order valence-corrected chi connectivity index (χ2v) is 10.0. The number of nitrogens with one attached hydrogen (secondary N) is 2. The summed E-state index contributed by atoms with van der Waals surface area (Å²) in [4.78, 5) is 18.7. The smallest absolute Gasteiger partial charge is 0.221 e. The normalized spacial score (nSPS) is 27.2. The van der Waals surface area contributed by atoms with Crippen LogP contribution >= 0.6 is 24.0 Å². The molecule has 3 unspecified atom stereocenters. The molecule has 0 spiro atoms. The summed E-state index contributed by atoms with van der Waals surface area (Å²) in [5, 5.41) is 6.98. The number of halogens is 1. The van der Waals surface area contributed by atoms with Gasteiger partial charge in [-0.3, -0.25) is 9.69 Å². The zero-order valence-corrected chi connectivity index (χ0v) is 23.1. The minimum atomic E-state index is -0.179. The summed E-state index contributed by atoms with van der Waals surface area (Å²) in [6.07, 6.45) is 2.88. The molecular weight excluding hydrogens is 529 g/mol. The monoisotopic (exact) mass is 571 g/mol. The molecule has 1 heterocycles. The Hall–Kier alpha value is -1.39. The zero-order valence-electron chi connectivity index (χ0n) is 20.8. The Kier molecular flexibility index (Phi) is 9.99. The van der Waals surface area contributed by atoms with Crippen molar-refractivity contribution in [2.75, 3.05) is 26.7 Å². The van der Waals surface area contributed by atoms with Gasteiger partial charge >= 0.3 is 0 Å². The molecule has 1 amide bonds. The van der Waals surface area contributed by atoms with E-state index in [2.05, 4.69) is 67.5 Å². The maximum Gasteiger partial charge on any atom is 0.221 e. The van der Waals surface area contributed by atoms with Crippen molar-refractivity contribution in [2.45, 2.75) is 71.7 Å². The summed E-state index contributed by atoms with van der Waals surface area (Å²) in [6.45, 7) is 12.8. The molecule has 1 saturated carbocycles. The highest BCUT2D eigenvalue weighted by atomic mass is 127. The molecule has 186 valence electrons. The van der Waals surface area contributed by atoms with Gasteiger partial charge in [-0.2, -0.15) is 0 Å². The number of ether oxygens (including phenoxy) is 1. The van der Waals surface area contributed by atoms with Crippen LogP contribution in [0.15, 0.2) is 29.3 Å². The molecule has 1 aliphatic carbocycles. The molecule has 0 bridgehead atoms. The first-order chi connectivity index (χ1) is 15.2. The van der Waals surface area contributed by atoms with Crippen LogP contribution in [-0.4, -0.2) is 55.2 Å². The number of likely N-dealkylation sites (tertiary alicyclic amines) is 1. The fourth-order valence-electron chi connectivity index (χ4n) is 4.89. The van der Waals surface area contributed by atoms with Crippen LogP contribution in [0.5, 0.6) is 0 Å². The summed E-state index contributed by atoms with van der Waals surface area (Å²) in [5.41, 5.74) is 7.86. The molecule has 33 heavy (non-hydrogen) atoms. The minimum absolute atomic E-state index is 0. The number of carbonyl (C=O) groups excluding carboxylic acids is 1. The number of methoxy groups -OCH3 is 1. The van der Waals surface area contributed by atoms with Crippen LogP contribution in [0.4, 0.5) is 0 Å². The van der Waals surface area contributed by atoms with E-state index in [1.807, 2.05) is 0 Å². The Morgan fingerprint density at radius 1 is 1.30 bits per heavy atom. The van der Waals surface area contributed by atoms with Gasteiger partial charge in [-0.15, -0.1) is 24.0 Å². The standard InChI is InChI=1S/C25H41N5O2.HI/c1-6-27-23(29-21-14-25(4,32-5)24(21,2)3)28-15-18-9-7-10-19(13-18)16-30-12-8-11-20(17-30)22(26)31;/h7,9-10,13,20-21H,6,8,11-12,14-17H2,1-5H3,(H2,26,31)(H2,27,28,29);1H. The maximum atomic E-state index is 11.6. The lowest BCUT2D eigenvalue weighted by Crippen LogP contribution is -2.69. The molecule has 1 saturated heterocycles. The Morgan fingerprint density at radius 2 is 2.03 bits per heavy atom. The third-order valence-electron chi connectivity index (χ3n) is 7.66. The molecule has 8 heteroatoms. The number of hydrogen-bond donors (Lipinski definition) is 3. The number of rotatable bonds is 8. The number of carbonyl (C=O) groups is 1. The van der Waals surface area contributed by atoms with Crippen LogP contribution < -0.4 is 16.4 Å². The van der Waals surface area contributed by atoms with Crippen molar-refractivity contribution >= 4 is 35.8 Å². The lowest BCUT2D eigenvalue weighted by atomic mass is 9.56. The third kappa shape index (κ3) is 6.60. The van der Waals surface area contributed by atoms with E-state index in [1.54, 1.807) is 7.11 Å². The van der Waals surface area contributed by atoms with Crippen molar-refractivity contribution in [1.29, 1.82) is 0 Å². The van der Waals surface area contributed by atoms with Crippen LogP contribution in [0.3, 0.4) is 0 Å². The van der Waals surface area contributed by atoms with E-state index < -0.39 is 0 Å². The van der Waals surface area contributed by atoms with Gasteiger partial charge in [0.2, 0.25) is 5.91 Å². The van der Waals surface area contributed by atoms with Gasteiger partial charge in [0.25, 0.3) is 0 Å². The van der Waals surface area contributed by atoms with Crippen molar-refractivity contribution in [3.05, 3.63) is 35.4 Å². The van der Waals surface area contributed by atoms with E-state index in [0.717, 1.165) is 51.4 Å². The number of aliphatic imine (C=N–C) groups is 1. The van der Waals surface area contributed by atoms with Crippen LogP contribution in [0.2, 0.25) is 0 Å². The topological polar surface area (TPSA) is 92.0 Å². The average molecular weight is 572 g/mol.